The molecule has 0 saturated carbocycles. The lowest BCUT2D eigenvalue weighted by Gasteiger charge is -2.11. The van der Waals surface area contributed by atoms with Gasteiger partial charge in [-0.25, -0.2) is 0 Å². The summed E-state index contributed by atoms with van der Waals surface area (Å²) >= 11 is 0. The van der Waals surface area contributed by atoms with Crippen LogP contribution in [0.1, 0.15) is 29.8 Å². The molecule has 0 saturated heterocycles. The van der Waals surface area contributed by atoms with E-state index in [2.05, 4.69) is 38.1 Å². The van der Waals surface area contributed by atoms with Crippen molar-refractivity contribution >= 4 is 16.6 Å². The minimum absolute atomic E-state index is 0.177. The van der Waals surface area contributed by atoms with Gasteiger partial charge in [0.25, 0.3) is 0 Å². The number of carbonyl (C=O) groups is 1. The molecule has 86 valence electrons. The number of rotatable bonds is 1. The molecule has 0 heterocycles. The molecule has 0 fully saturated rings. The van der Waals surface area contributed by atoms with Crippen LogP contribution in [-0.2, 0) is 6.42 Å². The maximum absolute atomic E-state index is 12.5. The van der Waals surface area contributed by atoms with E-state index in [0.717, 1.165) is 17.4 Å². The standard InChI is InChI=1S/C16H16O/c1-10(2)14-9-12-8-7-11-5-3-4-6-13(11)15(12)16(14)17/h3-8,10,14H,9H2,1-2H3. The van der Waals surface area contributed by atoms with Gasteiger partial charge in [-0.1, -0.05) is 50.2 Å². The van der Waals surface area contributed by atoms with Crippen LogP contribution in [0.15, 0.2) is 36.4 Å². The summed E-state index contributed by atoms with van der Waals surface area (Å²) in [6.07, 6.45) is 0.913. The minimum Gasteiger partial charge on any atom is -0.294 e. The molecule has 1 aliphatic carbocycles. The molecule has 3 rings (SSSR count). The third kappa shape index (κ3) is 1.49. The third-order valence-corrected chi connectivity index (χ3v) is 3.84. The van der Waals surface area contributed by atoms with E-state index in [-0.39, 0.29) is 5.92 Å². The first-order chi connectivity index (χ1) is 8.18. The van der Waals surface area contributed by atoms with E-state index in [1.165, 1.54) is 10.9 Å². The van der Waals surface area contributed by atoms with Crippen molar-refractivity contribution in [1.29, 1.82) is 0 Å². The van der Waals surface area contributed by atoms with Crippen LogP contribution in [0.4, 0.5) is 0 Å². The van der Waals surface area contributed by atoms with Crippen LogP contribution in [0.25, 0.3) is 10.8 Å². The highest BCUT2D eigenvalue weighted by molar-refractivity contribution is 6.12. The van der Waals surface area contributed by atoms with Gasteiger partial charge in [-0.15, -0.1) is 0 Å². The topological polar surface area (TPSA) is 17.1 Å². The van der Waals surface area contributed by atoms with Gasteiger partial charge in [-0.3, -0.25) is 4.79 Å². The molecule has 1 aliphatic rings. The predicted molar refractivity (Wildman–Crippen MR) is 70.3 cm³/mol. The monoisotopic (exact) mass is 224 g/mol. The van der Waals surface area contributed by atoms with Gasteiger partial charge in [0.1, 0.15) is 0 Å². The average Bonchev–Trinajstić information content (AvgIpc) is 2.67. The molecule has 0 bridgehead atoms. The van der Waals surface area contributed by atoms with Gasteiger partial charge in [-0.05, 0) is 28.7 Å². The van der Waals surface area contributed by atoms with Gasteiger partial charge in [0.05, 0.1) is 0 Å². The van der Waals surface area contributed by atoms with Gasteiger partial charge in [-0.2, -0.15) is 0 Å². The summed E-state index contributed by atoms with van der Waals surface area (Å²) in [5.41, 5.74) is 2.20. The van der Waals surface area contributed by atoms with Crippen molar-refractivity contribution in [3.05, 3.63) is 47.5 Å². The molecule has 0 spiro atoms. The van der Waals surface area contributed by atoms with Crippen LogP contribution in [0.2, 0.25) is 0 Å². The van der Waals surface area contributed by atoms with Crippen molar-refractivity contribution in [2.75, 3.05) is 0 Å². The summed E-state index contributed by atoms with van der Waals surface area (Å²) in [6, 6.07) is 12.4. The molecule has 0 aromatic heterocycles. The quantitative estimate of drug-likeness (QED) is 0.719. The van der Waals surface area contributed by atoms with E-state index in [0.29, 0.717) is 11.7 Å². The second kappa shape index (κ2) is 3.69. The zero-order valence-electron chi connectivity index (χ0n) is 10.2. The molecular formula is C16H16O. The Balaban J connectivity index is 2.24. The molecule has 1 atom stereocenters. The molecule has 2 aromatic rings. The summed E-state index contributed by atoms with van der Waals surface area (Å²) < 4.78 is 0. The number of fused-ring (bicyclic) bond motifs is 3. The highest BCUT2D eigenvalue weighted by Gasteiger charge is 2.33. The molecular weight excluding hydrogens is 208 g/mol. The second-order valence-corrected chi connectivity index (χ2v) is 5.24. The molecule has 1 heteroatoms. The van der Waals surface area contributed by atoms with Gasteiger partial charge in [0, 0.05) is 11.5 Å². The Kier molecular flexibility index (Phi) is 2.29. The van der Waals surface area contributed by atoms with Gasteiger partial charge >= 0.3 is 0 Å². The fourth-order valence-corrected chi connectivity index (χ4v) is 2.83. The SMILES string of the molecule is CC(C)C1Cc2ccc3ccccc3c2C1=O. The van der Waals surface area contributed by atoms with Crippen LogP contribution in [0.5, 0.6) is 0 Å². The minimum atomic E-state index is 0.177. The van der Waals surface area contributed by atoms with Crippen molar-refractivity contribution < 1.29 is 4.79 Å². The van der Waals surface area contributed by atoms with E-state index >= 15 is 0 Å². The summed E-state index contributed by atoms with van der Waals surface area (Å²) in [4.78, 5) is 12.5. The maximum Gasteiger partial charge on any atom is 0.167 e. The first-order valence-corrected chi connectivity index (χ1v) is 6.23. The van der Waals surface area contributed by atoms with E-state index in [4.69, 9.17) is 0 Å². The highest BCUT2D eigenvalue weighted by atomic mass is 16.1. The van der Waals surface area contributed by atoms with Crippen LogP contribution in [0, 0.1) is 11.8 Å². The Labute approximate surface area is 101 Å². The van der Waals surface area contributed by atoms with Gasteiger partial charge < -0.3 is 0 Å². The van der Waals surface area contributed by atoms with Crippen LogP contribution in [0.3, 0.4) is 0 Å². The summed E-state index contributed by atoms with van der Waals surface area (Å²) in [5.74, 6) is 0.941. The van der Waals surface area contributed by atoms with Crippen molar-refractivity contribution in [3.63, 3.8) is 0 Å². The largest absolute Gasteiger partial charge is 0.294 e. The van der Waals surface area contributed by atoms with Crippen molar-refractivity contribution in [2.24, 2.45) is 11.8 Å². The lowest BCUT2D eigenvalue weighted by atomic mass is 9.92. The van der Waals surface area contributed by atoms with Crippen molar-refractivity contribution in [2.45, 2.75) is 20.3 Å². The van der Waals surface area contributed by atoms with Crippen molar-refractivity contribution in [1.82, 2.24) is 0 Å². The summed E-state index contributed by atoms with van der Waals surface area (Å²) in [7, 11) is 0. The molecule has 0 radical (unpaired) electrons. The zero-order valence-corrected chi connectivity index (χ0v) is 10.2. The Hall–Kier alpha value is -1.63. The highest BCUT2D eigenvalue weighted by Crippen LogP contribution is 2.35. The molecule has 0 aliphatic heterocycles. The van der Waals surface area contributed by atoms with E-state index in [1.54, 1.807) is 0 Å². The number of hydrogen-bond acceptors (Lipinski definition) is 1. The lowest BCUT2D eigenvalue weighted by Crippen LogP contribution is -2.15. The van der Waals surface area contributed by atoms with Gasteiger partial charge in [0.15, 0.2) is 5.78 Å². The number of ketones is 1. The maximum atomic E-state index is 12.5. The number of hydrogen-bond donors (Lipinski definition) is 0. The lowest BCUT2D eigenvalue weighted by molar-refractivity contribution is 0.0907. The first-order valence-electron chi connectivity index (χ1n) is 6.23. The zero-order chi connectivity index (χ0) is 12.0. The summed E-state index contributed by atoms with van der Waals surface area (Å²) in [5, 5.41) is 2.29. The van der Waals surface area contributed by atoms with Crippen LogP contribution < -0.4 is 0 Å². The smallest absolute Gasteiger partial charge is 0.167 e. The predicted octanol–water partition coefficient (Wildman–Crippen LogP) is 3.85. The third-order valence-electron chi connectivity index (χ3n) is 3.84. The van der Waals surface area contributed by atoms with E-state index in [9.17, 15) is 4.79 Å². The summed E-state index contributed by atoms with van der Waals surface area (Å²) in [6.45, 7) is 4.27. The molecule has 0 amide bonds. The van der Waals surface area contributed by atoms with Crippen LogP contribution in [-0.4, -0.2) is 5.78 Å². The molecule has 2 aromatic carbocycles. The average molecular weight is 224 g/mol. The fraction of sp³-hybridized carbons (Fsp3) is 0.312. The Bertz CT molecular complexity index is 595. The molecule has 0 N–H and O–H groups in total. The number of benzene rings is 2. The number of carbonyl (C=O) groups excluding carboxylic acids is 1. The molecule has 1 unspecified atom stereocenters. The second-order valence-electron chi connectivity index (χ2n) is 5.24. The Morgan fingerprint density at radius 3 is 2.65 bits per heavy atom. The fourth-order valence-electron chi connectivity index (χ4n) is 2.83. The molecule has 17 heavy (non-hydrogen) atoms. The van der Waals surface area contributed by atoms with Gasteiger partial charge in [0.2, 0.25) is 0 Å². The number of Topliss-reactive ketones (excluding diaryl/α,β-unsaturated/α-hetero) is 1. The van der Waals surface area contributed by atoms with Crippen LogP contribution >= 0.6 is 0 Å². The Morgan fingerprint density at radius 2 is 1.88 bits per heavy atom. The normalized spacial score (nSPS) is 19.0. The van der Waals surface area contributed by atoms with E-state index < -0.39 is 0 Å². The first kappa shape index (κ1) is 10.5. The van der Waals surface area contributed by atoms with Crippen molar-refractivity contribution in [3.8, 4) is 0 Å². The molecule has 1 nitrogen and oxygen atoms in total. The van der Waals surface area contributed by atoms with E-state index in [1.807, 2.05) is 12.1 Å². The Morgan fingerprint density at radius 1 is 1.12 bits per heavy atom.